The number of nitrogens with zero attached hydrogens (tertiary/aromatic N) is 1. The van der Waals surface area contributed by atoms with Crippen molar-refractivity contribution in [1.29, 1.82) is 0 Å². The maximum Gasteiger partial charge on any atom is 0.0329 e. The SMILES string of the molecule is CCCCCCN1CC(CC(C)C)NCC1(CC)CC. The first-order chi connectivity index (χ1) is 9.57. The summed E-state index contributed by atoms with van der Waals surface area (Å²) in [6.45, 7) is 15.5. The highest BCUT2D eigenvalue weighted by molar-refractivity contribution is 4.97. The molecular weight excluding hydrogens is 244 g/mol. The molecule has 1 aliphatic heterocycles. The number of piperazine rings is 1. The third-order valence-corrected chi connectivity index (χ3v) is 5.19. The summed E-state index contributed by atoms with van der Waals surface area (Å²) in [4.78, 5) is 2.83. The van der Waals surface area contributed by atoms with Crippen molar-refractivity contribution in [2.24, 2.45) is 5.92 Å². The molecule has 0 amide bonds. The standard InChI is InChI=1S/C18H38N2/c1-6-9-10-11-12-20-14-17(13-16(4)5)19-15-18(20,7-2)8-3/h16-17,19H,6-15H2,1-5H3. The molecule has 1 heterocycles. The van der Waals surface area contributed by atoms with Gasteiger partial charge in [0, 0.05) is 24.7 Å². The van der Waals surface area contributed by atoms with Crippen molar-refractivity contribution in [3.05, 3.63) is 0 Å². The zero-order chi connectivity index (χ0) is 15.0. The van der Waals surface area contributed by atoms with E-state index in [1.807, 2.05) is 0 Å². The van der Waals surface area contributed by atoms with E-state index in [-0.39, 0.29) is 0 Å². The minimum Gasteiger partial charge on any atom is -0.311 e. The summed E-state index contributed by atoms with van der Waals surface area (Å²) in [5.74, 6) is 0.796. The molecule has 0 aromatic heterocycles. The molecule has 1 aliphatic rings. The van der Waals surface area contributed by atoms with E-state index in [0.717, 1.165) is 5.92 Å². The van der Waals surface area contributed by atoms with Crippen molar-refractivity contribution < 1.29 is 0 Å². The fourth-order valence-electron chi connectivity index (χ4n) is 3.70. The number of unbranched alkanes of at least 4 members (excludes halogenated alkanes) is 3. The number of hydrogen-bond donors (Lipinski definition) is 1. The molecule has 0 saturated carbocycles. The van der Waals surface area contributed by atoms with Crippen LogP contribution in [0.3, 0.4) is 0 Å². The first-order valence-corrected chi connectivity index (χ1v) is 9.06. The van der Waals surface area contributed by atoms with Crippen LogP contribution in [0.25, 0.3) is 0 Å². The van der Waals surface area contributed by atoms with E-state index < -0.39 is 0 Å². The van der Waals surface area contributed by atoms with Crippen LogP contribution in [0.5, 0.6) is 0 Å². The largest absolute Gasteiger partial charge is 0.311 e. The monoisotopic (exact) mass is 282 g/mol. The summed E-state index contributed by atoms with van der Waals surface area (Å²) < 4.78 is 0. The van der Waals surface area contributed by atoms with Gasteiger partial charge in [0.1, 0.15) is 0 Å². The average molecular weight is 283 g/mol. The van der Waals surface area contributed by atoms with Gasteiger partial charge in [-0.15, -0.1) is 0 Å². The fourth-order valence-corrected chi connectivity index (χ4v) is 3.70. The lowest BCUT2D eigenvalue weighted by molar-refractivity contribution is 0.0262. The number of nitrogens with one attached hydrogen (secondary N) is 1. The molecule has 1 fully saturated rings. The third-order valence-electron chi connectivity index (χ3n) is 5.19. The van der Waals surface area contributed by atoms with E-state index in [1.165, 1.54) is 64.6 Å². The molecule has 120 valence electrons. The second-order valence-corrected chi connectivity index (χ2v) is 7.15. The lowest BCUT2D eigenvalue weighted by atomic mass is 9.85. The van der Waals surface area contributed by atoms with Crippen LogP contribution in [0.1, 0.15) is 79.6 Å². The van der Waals surface area contributed by atoms with Crippen LogP contribution in [0, 0.1) is 5.92 Å². The van der Waals surface area contributed by atoms with Gasteiger partial charge in [0.15, 0.2) is 0 Å². The molecule has 1 N–H and O–H groups in total. The van der Waals surface area contributed by atoms with E-state index in [1.54, 1.807) is 0 Å². The topological polar surface area (TPSA) is 15.3 Å². The average Bonchev–Trinajstić information content (AvgIpc) is 2.44. The molecule has 1 unspecified atom stereocenters. The number of hydrogen-bond acceptors (Lipinski definition) is 2. The van der Waals surface area contributed by atoms with E-state index in [9.17, 15) is 0 Å². The highest BCUT2D eigenvalue weighted by Gasteiger charge is 2.38. The summed E-state index contributed by atoms with van der Waals surface area (Å²) in [5.41, 5.74) is 0.416. The molecule has 1 saturated heterocycles. The highest BCUT2D eigenvalue weighted by Crippen LogP contribution is 2.28. The molecule has 0 radical (unpaired) electrons. The third kappa shape index (κ3) is 5.04. The molecule has 1 atom stereocenters. The Kier molecular flexibility index (Phi) is 8.13. The van der Waals surface area contributed by atoms with Crippen LogP contribution in [0.4, 0.5) is 0 Å². The Morgan fingerprint density at radius 3 is 2.35 bits per heavy atom. The van der Waals surface area contributed by atoms with Gasteiger partial charge in [0.25, 0.3) is 0 Å². The predicted molar refractivity (Wildman–Crippen MR) is 90.3 cm³/mol. The van der Waals surface area contributed by atoms with Crippen LogP contribution >= 0.6 is 0 Å². The Labute approximate surface area is 127 Å². The van der Waals surface area contributed by atoms with Crippen molar-refractivity contribution in [1.82, 2.24) is 10.2 Å². The van der Waals surface area contributed by atoms with Crippen molar-refractivity contribution in [3.8, 4) is 0 Å². The summed E-state index contributed by atoms with van der Waals surface area (Å²) in [6, 6.07) is 0.701. The summed E-state index contributed by atoms with van der Waals surface area (Å²) in [5, 5.41) is 3.83. The number of rotatable bonds is 9. The zero-order valence-corrected chi connectivity index (χ0v) is 14.7. The lowest BCUT2D eigenvalue weighted by Crippen LogP contribution is -2.64. The van der Waals surface area contributed by atoms with E-state index in [4.69, 9.17) is 0 Å². The minimum absolute atomic E-state index is 0.416. The summed E-state index contributed by atoms with van der Waals surface area (Å²) in [7, 11) is 0. The van der Waals surface area contributed by atoms with Gasteiger partial charge < -0.3 is 5.32 Å². The fraction of sp³-hybridized carbons (Fsp3) is 1.00. The Morgan fingerprint density at radius 1 is 1.10 bits per heavy atom. The van der Waals surface area contributed by atoms with Gasteiger partial charge in [-0.2, -0.15) is 0 Å². The normalized spacial score (nSPS) is 23.4. The maximum atomic E-state index is 3.83. The van der Waals surface area contributed by atoms with Crippen molar-refractivity contribution in [2.75, 3.05) is 19.6 Å². The molecular formula is C18H38N2. The Balaban J connectivity index is 2.58. The van der Waals surface area contributed by atoms with Crippen molar-refractivity contribution in [2.45, 2.75) is 91.1 Å². The van der Waals surface area contributed by atoms with Crippen LogP contribution in [0.15, 0.2) is 0 Å². The van der Waals surface area contributed by atoms with Crippen LogP contribution in [-0.2, 0) is 0 Å². The first kappa shape index (κ1) is 18.0. The van der Waals surface area contributed by atoms with Gasteiger partial charge in [-0.1, -0.05) is 53.9 Å². The highest BCUT2D eigenvalue weighted by atomic mass is 15.3. The molecule has 0 aliphatic carbocycles. The van der Waals surface area contributed by atoms with Crippen LogP contribution < -0.4 is 5.32 Å². The van der Waals surface area contributed by atoms with Gasteiger partial charge in [-0.25, -0.2) is 0 Å². The summed E-state index contributed by atoms with van der Waals surface area (Å²) in [6.07, 6.45) is 9.38. The lowest BCUT2D eigenvalue weighted by Gasteiger charge is -2.50. The van der Waals surface area contributed by atoms with Gasteiger partial charge in [0.2, 0.25) is 0 Å². The second-order valence-electron chi connectivity index (χ2n) is 7.15. The van der Waals surface area contributed by atoms with Crippen molar-refractivity contribution >= 4 is 0 Å². The maximum absolute atomic E-state index is 3.83. The van der Waals surface area contributed by atoms with E-state index in [2.05, 4.69) is 44.8 Å². The zero-order valence-electron chi connectivity index (χ0n) is 14.7. The minimum atomic E-state index is 0.416. The Bertz CT molecular complexity index is 246. The second kappa shape index (κ2) is 9.04. The van der Waals surface area contributed by atoms with Crippen LogP contribution in [-0.4, -0.2) is 36.1 Å². The molecule has 2 heteroatoms. The van der Waals surface area contributed by atoms with Gasteiger partial charge in [0.05, 0.1) is 0 Å². The van der Waals surface area contributed by atoms with Gasteiger partial charge in [-0.3, -0.25) is 4.90 Å². The molecule has 2 nitrogen and oxygen atoms in total. The van der Waals surface area contributed by atoms with Gasteiger partial charge in [-0.05, 0) is 38.1 Å². The van der Waals surface area contributed by atoms with E-state index in [0.29, 0.717) is 11.6 Å². The molecule has 20 heavy (non-hydrogen) atoms. The molecule has 1 rings (SSSR count). The quantitative estimate of drug-likeness (QED) is 0.629. The van der Waals surface area contributed by atoms with Crippen LogP contribution in [0.2, 0.25) is 0 Å². The smallest absolute Gasteiger partial charge is 0.0329 e. The first-order valence-electron chi connectivity index (χ1n) is 9.06. The predicted octanol–water partition coefficient (Wildman–Crippen LogP) is 4.45. The summed E-state index contributed by atoms with van der Waals surface area (Å²) >= 11 is 0. The molecule has 0 aromatic rings. The van der Waals surface area contributed by atoms with E-state index >= 15 is 0 Å². The van der Waals surface area contributed by atoms with Crippen molar-refractivity contribution in [3.63, 3.8) is 0 Å². The Morgan fingerprint density at radius 2 is 1.80 bits per heavy atom. The molecule has 0 bridgehead atoms. The Hall–Kier alpha value is -0.0800. The molecule has 0 spiro atoms. The van der Waals surface area contributed by atoms with Gasteiger partial charge >= 0.3 is 0 Å². The molecule has 0 aromatic carbocycles.